The smallest absolute Gasteiger partial charge is 0.341 e. The zero-order chi connectivity index (χ0) is 19.0. The lowest BCUT2D eigenvalue weighted by Crippen LogP contribution is -2.36. The first-order chi connectivity index (χ1) is 12.3. The second-order valence-corrected chi connectivity index (χ2v) is 8.18. The van der Waals surface area contributed by atoms with Gasteiger partial charge >= 0.3 is 11.9 Å². The first kappa shape index (κ1) is 18.6. The van der Waals surface area contributed by atoms with Gasteiger partial charge in [-0.25, -0.2) is 4.79 Å². The largest absolute Gasteiger partial charge is 0.481 e. The molecule has 1 heterocycles. The Morgan fingerprint density at radius 2 is 1.92 bits per heavy atom. The molecule has 2 aliphatic carbocycles. The first-order valence-corrected chi connectivity index (χ1v) is 9.68. The van der Waals surface area contributed by atoms with Gasteiger partial charge in [-0.1, -0.05) is 26.0 Å². The number of carboxylic acid groups (broad SMARTS) is 1. The third kappa shape index (κ3) is 3.28. The molecule has 3 rings (SSSR count). The molecule has 1 saturated carbocycles. The number of anilines is 1. The lowest BCUT2D eigenvalue weighted by Gasteiger charge is -2.23. The molecule has 6 nitrogen and oxygen atoms in total. The van der Waals surface area contributed by atoms with Crippen molar-refractivity contribution in [3.63, 3.8) is 0 Å². The molecule has 1 amide bonds. The quantitative estimate of drug-likeness (QED) is 0.585. The van der Waals surface area contributed by atoms with Crippen LogP contribution in [0.5, 0.6) is 0 Å². The number of hydrogen-bond acceptors (Lipinski definition) is 5. The van der Waals surface area contributed by atoms with Gasteiger partial charge in [0, 0.05) is 4.88 Å². The molecular weight excluding hydrogens is 354 g/mol. The van der Waals surface area contributed by atoms with E-state index in [0.29, 0.717) is 17.0 Å². The van der Waals surface area contributed by atoms with Gasteiger partial charge in [0.15, 0.2) is 0 Å². The second kappa shape index (κ2) is 7.23. The van der Waals surface area contributed by atoms with Crippen LogP contribution >= 0.6 is 11.3 Å². The number of nitrogens with one attached hydrogen (secondary N) is 1. The predicted octanol–water partition coefficient (Wildman–Crippen LogP) is 3.51. The monoisotopic (exact) mass is 377 g/mol. The van der Waals surface area contributed by atoms with E-state index in [2.05, 4.69) is 5.32 Å². The summed E-state index contributed by atoms with van der Waals surface area (Å²) in [5, 5.41) is 12.8. The SMILES string of the molecule is CCOC(=O)c1cc(C(C)C)sc1NC(=O)C1C2C=CC(C2)C1C(=O)O. The normalized spacial score (nSPS) is 26.3. The summed E-state index contributed by atoms with van der Waals surface area (Å²) in [6, 6.07) is 1.75. The fraction of sp³-hybridized carbons (Fsp3) is 0.526. The van der Waals surface area contributed by atoms with Crippen molar-refractivity contribution in [1.82, 2.24) is 0 Å². The summed E-state index contributed by atoms with van der Waals surface area (Å²) in [6.45, 7) is 5.99. The van der Waals surface area contributed by atoms with E-state index in [1.807, 2.05) is 26.0 Å². The lowest BCUT2D eigenvalue weighted by atomic mass is 9.82. The number of ether oxygens (including phenoxy) is 1. The van der Waals surface area contributed by atoms with Gasteiger partial charge in [0.25, 0.3) is 0 Å². The van der Waals surface area contributed by atoms with Crippen LogP contribution in [0, 0.1) is 23.7 Å². The zero-order valence-corrected chi connectivity index (χ0v) is 15.8. The summed E-state index contributed by atoms with van der Waals surface area (Å²) in [5.41, 5.74) is 0.333. The molecule has 1 aromatic heterocycles. The van der Waals surface area contributed by atoms with Gasteiger partial charge in [-0.2, -0.15) is 0 Å². The van der Waals surface area contributed by atoms with Crippen molar-refractivity contribution in [3.8, 4) is 0 Å². The minimum absolute atomic E-state index is 0.0586. The molecule has 0 aromatic carbocycles. The molecular formula is C19H23NO5S. The van der Waals surface area contributed by atoms with Crippen LogP contribution < -0.4 is 5.32 Å². The Labute approximate surface area is 156 Å². The van der Waals surface area contributed by atoms with E-state index < -0.39 is 23.8 Å². The molecule has 0 aliphatic heterocycles. The number of rotatable bonds is 6. The lowest BCUT2D eigenvalue weighted by molar-refractivity contribution is -0.146. The van der Waals surface area contributed by atoms with E-state index in [0.717, 1.165) is 4.88 Å². The van der Waals surface area contributed by atoms with Crippen molar-refractivity contribution >= 4 is 34.2 Å². The van der Waals surface area contributed by atoms with Gasteiger partial charge in [-0.05, 0) is 37.2 Å². The van der Waals surface area contributed by atoms with Gasteiger partial charge in [0.05, 0.1) is 24.0 Å². The van der Waals surface area contributed by atoms with Gasteiger partial charge in [-0.15, -0.1) is 11.3 Å². The van der Waals surface area contributed by atoms with Crippen LogP contribution in [-0.4, -0.2) is 29.6 Å². The predicted molar refractivity (Wildman–Crippen MR) is 98.3 cm³/mol. The maximum Gasteiger partial charge on any atom is 0.341 e. The molecule has 4 atom stereocenters. The summed E-state index contributed by atoms with van der Waals surface area (Å²) >= 11 is 1.34. The fourth-order valence-corrected chi connectivity index (χ4v) is 4.91. The number of fused-ring (bicyclic) bond motifs is 2. The van der Waals surface area contributed by atoms with E-state index in [1.54, 1.807) is 13.0 Å². The van der Waals surface area contributed by atoms with Crippen LogP contribution in [0.2, 0.25) is 0 Å². The Bertz CT molecular complexity index is 766. The Morgan fingerprint density at radius 1 is 1.27 bits per heavy atom. The highest BCUT2D eigenvalue weighted by Crippen LogP contribution is 2.48. The van der Waals surface area contributed by atoms with Crippen LogP contribution in [0.15, 0.2) is 18.2 Å². The number of carboxylic acids is 1. The molecule has 2 bridgehead atoms. The maximum absolute atomic E-state index is 12.9. The van der Waals surface area contributed by atoms with E-state index >= 15 is 0 Å². The minimum Gasteiger partial charge on any atom is -0.481 e. The number of thiophene rings is 1. The highest BCUT2D eigenvalue weighted by Gasteiger charge is 2.51. The van der Waals surface area contributed by atoms with E-state index in [1.165, 1.54) is 11.3 Å². The molecule has 0 radical (unpaired) electrons. The molecule has 7 heteroatoms. The maximum atomic E-state index is 12.9. The summed E-state index contributed by atoms with van der Waals surface area (Å²) in [7, 11) is 0. The highest BCUT2D eigenvalue weighted by atomic mass is 32.1. The van der Waals surface area contributed by atoms with Crippen molar-refractivity contribution in [2.75, 3.05) is 11.9 Å². The van der Waals surface area contributed by atoms with Crippen LogP contribution in [-0.2, 0) is 14.3 Å². The average Bonchev–Trinajstić information content (AvgIpc) is 3.28. The molecule has 4 unspecified atom stereocenters. The van der Waals surface area contributed by atoms with Crippen molar-refractivity contribution in [3.05, 3.63) is 28.7 Å². The molecule has 2 aliphatic rings. The third-order valence-electron chi connectivity index (χ3n) is 5.10. The van der Waals surface area contributed by atoms with E-state index in [-0.39, 0.29) is 30.3 Å². The summed E-state index contributed by atoms with van der Waals surface area (Å²) in [6.07, 6.45) is 4.54. The number of carbonyl (C=O) groups is 3. The Kier molecular flexibility index (Phi) is 5.18. The van der Waals surface area contributed by atoms with Crippen molar-refractivity contribution in [2.45, 2.75) is 33.1 Å². The van der Waals surface area contributed by atoms with Gasteiger partial charge in [0.1, 0.15) is 5.00 Å². The second-order valence-electron chi connectivity index (χ2n) is 7.09. The molecule has 2 N–H and O–H groups in total. The van der Waals surface area contributed by atoms with Gasteiger partial charge in [-0.3, -0.25) is 9.59 Å². The molecule has 140 valence electrons. The zero-order valence-electron chi connectivity index (χ0n) is 15.0. The fourth-order valence-electron chi connectivity index (χ4n) is 3.86. The first-order valence-electron chi connectivity index (χ1n) is 8.86. The third-order valence-corrected chi connectivity index (χ3v) is 6.45. The van der Waals surface area contributed by atoms with Crippen LogP contribution in [0.4, 0.5) is 5.00 Å². The number of carbonyl (C=O) groups excluding carboxylic acids is 2. The molecule has 26 heavy (non-hydrogen) atoms. The topological polar surface area (TPSA) is 92.7 Å². The number of allylic oxidation sites excluding steroid dienone is 2. The summed E-state index contributed by atoms with van der Waals surface area (Å²) in [4.78, 5) is 37.7. The number of esters is 1. The van der Waals surface area contributed by atoms with Crippen molar-refractivity contribution < 1.29 is 24.2 Å². The number of hydrogen-bond donors (Lipinski definition) is 2. The average molecular weight is 377 g/mol. The van der Waals surface area contributed by atoms with Crippen LogP contribution in [0.3, 0.4) is 0 Å². The van der Waals surface area contributed by atoms with Crippen LogP contribution in [0.1, 0.15) is 48.3 Å². The number of amides is 1. The molecule has 1 fully saturated rings. The number of aliphatic carboxylic acids is 1. The van der Waals surface area contributed by atoms with Crippen LogP contribution in [0.25, 0.3) is 0 Å². The van der Waals surface area contributed by atoms with Crippen molar-refractivity contribution in [1.29, 1.82) is 0 Å². The Morgan fingerprint density at radius 3 is 2.50 bits per heavy atom. The highest BCUT2D eigenvalue weighted by molar-refractivity contribution is 7.16. The summed E-state index contributed by atoms with van der Waals surface area (Å²) < 4.78 is 5.09. The van der Waals surface area contributed by atoms with Gasteiger partial charge < -0.3 is 15.2 Å². The van der Waals surface area contributed by atoms with E-state index in [4.69, 9.17) is 4.74 Å². The molecule has 0 saturated heterocycles. The Balaban J connectivity index is 1.86. The van der Waals surface area contributed by atoms with E-state index in [9.17, 15) is 19.5 Å². The standard InChI is InChI=1S/C19H23NO5S/c1-4-25-19(24)12-8-13(9(2)3)26-17(12)20-16(21)14-10-5-6-11(7-10)15(14)18(22)23/h5-6,8-11,14-15H,4,7H2,1-3H3,(H,20,21)(H,22,23). The Hall–Kier alpha value is -2.15. The minimum atomic E-state index is -0.943. The molecule has 0 spiro atoms. The molecule has 1 aromatic rings. The van der Waals surface area contributed by atoms with Crippen molar-refractivity contribution in [2.24, 2.45) is 23.7 Å². The van der Waals surface area contributed by atoms with Gasteiger partial charge in [0.2, 0.25) is 5.91 Å². The summed E-state index contributed by atoms with van der Waals surface area (Å²) in [5.74, 6) is -3.02.